The van der Waals surface area contributed by atoms with E-state index in [0.29, 0.717) is 5.56 Å². The number of ether oxygens (including phenoxy) is 1. The molecule has 1 aromatic rings. The van der Waals surface area contributed by atoms with Crippen molar-refractivity contribution in [1.82, 2.24) is 9.62 Å². The fourth-order valence-corrected chi connectivity index (χ4v) is 3.92. The van der Waals surface area contributed by atoms with Crippen LogP contribution in [0.3, 0.4) is 0 Å². The molecule has 0 bridgehead atoms. The van der Waals surface area contributed by atoms with Gasteiger partial charge in [-0.05, 0) is 31.5 Å². The minimum absolute atomic E-state index is 0.00936. The van der Waals surface area contributed by atoms with Gasteiger partial charge in [-0.15, -0.1) is 0 Å². The summed E-state index contributed by atoms with van der Waals surface area (Å²) in [5, 5.41) is 1.79. The van der Waals surface area contributed by atoms with Crippen molar-refractivity contribution in [1.29, 1.82) is 0 Å². The molecule has 1 atom stereocenters. The van der Waals surface area contributed by atoms with Gasteiger partial charge in [-0.3, -0.25) is 10.1 Å². The Morgan fingerprint density at radius 3 is 2.31 bits per heavy atom. The summed E-state index contributed by atoms with van der Waals surface area (Å²) in [6.45, 7) is 6.89. The first-order valence-electron chi connectivity index (χ1n) is 7.96. The SMILES string of the molecule is CCN(CC)S(=O)(=O)c1cc(C(=O)O[C@@H](C)C(=O)NC(N)=O)ccc1C. The van der Waals surface area contributed by atoms with E-state index in [2.05, 4.69) is 0 Å². The molecule has 0 radical (unpaired) electrons. The zero-order valence-electron chi connectivity index (χ0n) is 15.1. The van der Waals surface area contributed by atoms with E-state index in [1.54, 1.807) is 26.1 Å². The first kappa shape index (κ1) is 21.6. The van der Waals surface area contributed by atoms with Gasteiger partial charge in [0.05, 0.1) is 10.5 Å². The van der Waals surface area contributed by atoms with E-state index in [9.17, 15) is 22.8 Å². The normalized spacial score (nSPS) is 12.5. The number of benzene rings is 1. The minimum Gasteiger partial charge on any atom is -0.449 e. The monoisotopic (exact) mass is 385 g/mol. The Hall–Kier alpha value is -2.46. The number of rotatable bonds is 7. The van der Waals surface area contributed by atoms with E-state index in [0.717, 1.165) is 0 Å². The first-order chi connectivity index (χ1) is 12.0. The Labute approximate surface area is 152 Å². The molecule has 1 rings (SSSR count). The number of hydrogen-bond acceptors (Lipinski definition) is 6. The van der Waals surface area contributed by atoms with E-state index in [-0.39, 0.29) is 23.5 Å². The number of sulfonamides is 1. The van der Waals surface area contributed by atoms with Crippen LogP contribution in [0.15, 0.2) is 23.1 Å². The Morgan fingerprint density at radius 1 is 1.23 bits per heavy atom. The number of amides is 3. The smallest absolute Gasteiger partial charge is 0.338 e. The molecule has 0 heterocycles. The molecular weight excluding hydrogens is 362 g/mol. The van der Waals surface area contributed by atoms with Gasteiger partial charge < -0.3 is 10.5 Å². The van der Waals surface area contributed by atoms with Gasteiger partial charge in [0.25, 0.3) is 5.91 Å². The average molecular weight is 385 g/mol. The molecule has 0 aliphatic rings. The molecule has 26 heavy (non-hydrogen) atoms. The summed E-state index contributed by atoms with van der Waals surface area (Å²) in [6, 6.07) is 3.03. The van der Waals surface area contributed by atoms with Gasteiger partial charge in [0.2, 0.25) is 10.0 Å². The summed E-state index contributed by atoms with van der Waals surface area (Å²) in [5.41, 5.74) is 5.28. The molecule has 0 saturated carbocycles. The maximum absolute atomic E-state index is 12.7. The van der Waals surface area contributed by atoms with Crippen molar-refractivity contribution in [3.8, 4) is 0 Å². The molecule has 10 heteroatoms. The molecule has 0 saturated heterocycles. The van der Waals surface area contributed by atoms with Crippen LogP contribution >= 0.6 is 0 Å². The fraction of sp³-hybridized carbons (Fsp3) is 0.438. The van der Waals surface area contributed by atoms with Gasteiger partial charge in [-0.2, -0.15) is 4.31 Å². The highest BCUT2D eigenvalue weighted by atomic mass is 32.2. The van der Waals surface area contributed by atoms with Crippen LogP contribution in [0.2, 0.25) is 0 Å². The van der Waals surface area contributed by atoms with E-state index in [4.69, 9.17) is 10.5 Å². The third-order valence-corrected chi connectivity index (χ3v) is 5.84. The lowest BCUT2D eigenvalue weighted by Gasteiger charge is -2.20. The second-order valence-electron chi connectivity index (χ2n) is 5.47. The number of primary amides is 1. The molecule has 144 valence electrons. The number of aryl methyl sites for hydroxylation is 1. The third-order valence-electron chi connectivity index (χ3n) is 3.65. The minimum atomic E-state index is -3.76. The van der Waals surface area contributed by atoms with E-state index >= 15 is 0 Å². The number of nitrogens with one attached hydrogen (secondary N) is 1. The molecule has 3 N–H and O–H groups in total. The second kappa shape index (κ2) is 8.77. The Kier molecular flexibility index (Phi) is 7.28. The molecule has 0 aliphatic heterocycles. The van der Waals surface area contributed by atoms with Crippen molar-refractivity contribution in [3.05, 3.63) is 29.3 Å². The van der Waals surface area contributed by atoms with Crippen molar-refractivity contribution >= 4 is 27.9 Å². The summed E-state index contributed by atoms with van der Waals surface area (Å²) in [5.74, 6) is -1.78. The van der Waals surface area contributed by atoms with Crippen LogP contribution < -0.4 is 11.1 Å². The van der Waals surface area contributed by atoms with Gasteiger partial charge in [0.15, 0.2) is 6.10 Å². The van der Waals surface area contributed by atoms with Crippen LogP contribution in [0.4, 0.5) is 4.79 Å². The van der Waals surface area contributed by atoms with Crippen LogP contribution in [0, 0.1) is 6.92 Å². The number of imide groups is 1. The highest BCUT2D eigenvalue weighted by Crippen LogP contribution is 2.22. The maximum atomic E-state index is 12.7. The van der Waals surface area contributed by atoms with Crippen molar-refractivity contribution in [2.24, 2.45) is 5.73 Å². The lowest BCUT2D eigenvalue weighted by molar-refractivity contribution is -0.127. The van der Waals surface area contributed by atoms with Gasteiger partial charge in [-0.25, -0.2) is 18.0 Å². The molecule has 1 aromatic carbocycles. The molecule has 0 spiro atoms. The van der Waals surface area contributed by atoms with Crippen molar-refractivity contribution in [3.63, 3.8) is 0 Å². The highest BCUT2D eigenvalue weighted by Gasteiger charge is 2.26. The van der Waals surface area contributed by atoms with E-state index in [1.807, 2.05) is 0 Å². The second-order valence-corrected chi connectivity index (χ2v) is 7.38. The van der Waals surface area contributed by atoms with Crippen molar-refractivity contribution < 1.29 is 27.5 Å². The third kappa shape index (κ3) is 5.02. The molecular formula is C16H23N3O6S. The number of nitrogens with two attached hydrogens (primary N) is 1. The van der Waals surface area contributed by atoms with Crippen LogP contribution in [-0.2, 0) is 19.6 Å². The van der Waals surface area contributed by atoms with Gasteiger partial charge in [0, 0.05) is 13.1 Å². The zero-order chi connectivity index (χ0) is 20.1. The topological polar surface area (TPSA) is 136 Å². The molecule has 0 aliphatic carbocycles. The summed E-state index contributed by atoms with van der Waals surface area (Å²) < 4.78 is 31.6. The molecule has 3 amide bonds. The zero-order valence-corrected chi connectivity index (χ0v) is 15.9. The quantitative estimate of drug-likeness (QED) is 0.665. The van der Waals surface area contributed by atoms with E-state index < -0.39 is 34.0 Å². The van der Waals surface area contributed by atoms with Crippen LogP contribution in [0.5, 0.6) is 0 Å². The number of carbonyl (C=O) groups excluding carboxylic acids is 3. The van der Waals surface area contributed by atoms with Gasteiger partial charge >= 0.3 is 12.0 Å². The number of hydrogen-bond donors (Lipinski definition) is 2. The molecule has 0 fully saturated rings. The Morgan fingerprint density at radius 2 is 1.81 bits per heavy atom. The van der Waals surface area contributed by atoms with Crippen molar-refractivity contribution in [2.45, 2.75) is 38.7 Å². The van der Waals surface area contributed by atoms with Gasteiger partial charge in [0.1, 0.15) is 0 Å². The van der Waals surface area contributed by atoms with Crippen LogP contribution in [0.25, 0.3) is 0 Å². The number of nitrogens with zero attached hydrogens (tertiary/aromatic N) is 1. The molecule has 9 nitrogen and oxygen atoms in total. The summed E-state index contributed by atoms with van der Waals surface area (Å²) in [4.78, 5) is 34.4. The number of carbonyl (C=O) groups is 3. The number of esters is 1. The van der Waals surface area contributed by atoms with E-state index in [1.165, 1.54) is 29.4 Å². The van der Waals surface area contributed by atoms with Gasteiger partial charge in [-0.1, -0.05) is 19.9 Å². The molecule has 0 aromatic heterocycles. The average Bonchev–Trinajstić information content (AvgIpc) is 2.55. The predicted molar refractivity (Wildman–Crippen MR) is 93.9 cm³/mol. The number of urea groups is 1. The largest absolute Gasteiger partial charge is 0.449 e. The van der Waals surface area contributed by atoms with Crippen LogP contribution in [-0.4, -0.2) is 49.8 Å². The summed E-state index contributed by atoms with van der Waals surface area (Å²) in [6.07, 6.45) is -1.28. The summed E-state index contributed by atoms with van der Waals surface area (Å²) >= 11 is 0. The fourth-order valence-electron chi connectivity index (χ4n) is 2.21. The Bertz CT molecular complexity index is 802. The standard InChI is InChI=1S/C16H23N3O6S/c1-5-19(6-2)26(23,24)13-9-12(8-7-10(13)3)15(21)25-11(4)14(20)18-16(17)22/h7-9,11H,5-6H2,1-4H3,(H3,17,18,20,22)/t11-/m0/s1. The lowest BCUT2D eigenvalue weighted by atomic mass is 10.1. The maximum Gasteiger partial charge on any atom is 0.338 e. The lowest BCUT2D eigenvalue weighted by Crippen LogP contribution is -2.42. The highest BCUT2D eigenvalue weighted by molar-refractivity contribution is 7.89. The Balaban J connectivity index is 3.11. The van der Waals surface area contributed by atoms with Crippen molar-refractivity contribution in [2.75, 3.05) is 13.1 Å². The molecule has 0 unspecified atom stereocenters. The van der Waals surface area contributed by atoms with Crippen LogP contribution in [0.1, 0.15) is 36.7 Å². The predicted octanol–water partition coefficient (Wildman–Crippen LogP) is 0.766. The first-order valence-corrected chi connectivity index (χ1v) is 9.40. The summed E-state index contributed by atoms with van der Waals surface area (Å²) in [7, 11) is -3.76.